The summed E-state index contributed by atoms with van der Waals surface area (Å²) in [5.41, 5.74) is 2.74. The van der Waals surface area contributed by atoms with E-state index in [0.29, 0.717) is 30.1 Å². The Morgan fingerprint density at radius 1 is 1.20 bits per heavy atom. The number of nitrogens with one attached hydrogen (secondary N) is 2. The molecule has 0 unspecified atom stereocenters. The lowest BCUT2D eigenvalue weighted by atomic mass is 10.1. The number of urea groups is 1. The first kappa shape index (κ1) is 20.7. The number of ether oxygens (including phenoxy) is 1. The second kappa shape index (κ2) is 9.05. The van der Waals surface area contributed by atoms with Crippen molar-refractivity contribution in [3.63, 3.8) is 0 Å². The van der Waals surface area contributed by atoms with Crippen molar-refractivity contribution in [2.45, 2.75) is 37.9 Å². The Hall–Kier alpha value is -2.59. The van der Waals surface area contributed by atoms with Crippen molar-refractivity contribution in [1.29, 1.82) is 0 Å². The van der Waals surface area contributed by atoms with Gasteiger partial charge in [0.25, 0.3) is 0 Å². The van der Waals surface area contributed by atoms with Crippen LogP contribution in [0.15, 0.2) is 23.4 Å². The topological polar surface area (TPSA) is 101 Å². The lowest BCUT2D eigenvalue weighted by molar-refractivity contribution is -0.117. The van der Waals surface area contributed by atoms with Crippen LogP contribution in [-0.4, -0.2) is 58.8 Å². The van der Waals surface area contributed by atoms with Crippen molar-refractivity contribution >= 4 is 35.3 Å². The number of carbonyl (C=O) groups excluding carboxylic acids is 2. The Morgan fingerprint density at radius 2 is 1.97 bits per heavy atom. The summed E-state index contributed by atoms with van der Waals surface area (Å²) in [7, 11) is 0. The van der Waals surface area contributed by atoms with E-state index in [1.165, 1.54) is 11.8 Å². The Morgan fingerprint density at radius 3 is 2.67 bits per heavy atom. The van der Waals surface area contributed by atoms with Crippen LogP contribution in [0.4, 0.5) is 16.4 Å². The highest BCUT2D eigenvalue weighted by Crippen LogP contribution is 2.41. The normalized spacial score (nSPS) is 16.4. The number of morpholine rings is 1. The van der Waals surface area contributed by atoms with E-state index < -0.39 is 6.03 Å². The molecule has 0 bridgehead atoms. The molecule has 10 heteroatoms. The van der Waals surface area contributed by atoms with E-state index in [0.717, 1.165) is 43.0 Å². The van der Waals surface area contributed by atoms with Crippen molar-refractivity contribution in [1.82, 2.24) is 20.1 Å². The molecule has 1 aromatic heterocycles. The van der Waals surface area contributed by atoms with Gasteiger partial charge in [0.1, 0.15) is 0 Å². The SMILES string of the molecule is Cc1ccc(NC(=O)NC(=O)CSc2nnc(N3CCOCC3)n2C2CC2)c(C)c1. The van der Waals surface area contributed by atoms with Crippen molar-refractivity contribution in [2.75, 3.05) is 42.3 Å². The number of amides is 3. The average Bonchev–Trinajstić information content (AvgIpc) is 3.48. The fraction of sp³-hybridized carbons (Fsp3) is 0.500. The Bertz CT molecular complexity index is 937. The van der Waals surface area contributed by atoms with Gasteiger partial charge in [-0.15, -0.1) is 10.2 Å². The van der Waals surface area contributed by atoms with Gasteiger partial charge in [-0.2, -0.15) is 0 Å². The number of hydrogen-bond donors (Lipinski definition) is 2. The molecule has 2 aromatic rings. The molecule has 1 aromatic carbocycles. The summed E-state index contributed by atoms with van der Waals surface area (Å²) in [6.07, 6.45) is 2.18. The van der Waals surface area contributed by atoms with Gasteiger partial charge in [0.05, 0.1) is 19.0 Å². The highest BCUT2D eigenvalue weighted by atomic mass is 32.2. The Balaban J connectivity index is 1.33. The number of rotatable bonds is 6. The smallest absolute Gasteiger partial charge is 0.325 e. The molecule has 2 N–H and O–H groups in total. The molecule has 0 spiro atoms. The summed E-state index contributed by atoms with van der Waals surface area (Å²) >= 11 is 1.30. The number of nitrogens with zero attached hydrogens (tertiary/aromatic N) is 4. The molecular formula is C20H26N6O3S. The molecule has 4 rings (SSSR count). The van der Waals surface area contributed by atoms with Crippen molar-refractivity contribution in [3.05, 3.63) is 29.3 Å². The molecule has 30 heavy (non-hydrogen) atoms. The maximum Gasteiger partial charge on any atom is 0.325 e. The number of aromatic nitrogens is 3. The van der Waals surface area contributed by atoms with Crippen molar-refractivity contribution < 1.29 is 14.3 Å². The van der Waals surface area contributed by atoms with Gasteiger partial charge in [0.15, 0.2) is 5.16 Å². The number of carbonyl (C=O) groups is 2. The summed E-state index contributed by atoms with van der Waals surface area (Å²) in [4.78, 5) is 26.6. The van der Waals surface area contributed by atoms with Crippen molar-refractivity contribution in [3.8, 4) is 0 Å². The van der Waals surface area contributed by atoms with Crippen LogP contribution in [0.1, 0.15) is 30.0 Å². The Labute approximate surface area is 179 Å². The predicted octanol–water partition coefficient (Wildman–Crippen LogP) is 2.51. The van der Waals surface area contributed by atoms with E-state index in [-0.39, 0.29) is 11.7 Å². The van der Waals surface area contributed by atoms with Crippen LogP contribution in [0.3, 0.4) is 0 Å². The molecule has 1 saturated heterocycles. The third kappa shape index (κ3) is 4.93. The fourth-order valence-corrected chi connectivity index (χ4v) is 4.20. The quantitative estimate of drug-likeness (QED) is 0.679. The monoisotopic (exact) mass is 430 g/mol. The number of aryl methyl sites for hydroxylation is 2. The molecule has 0 atom stereocenters. The first-order valence-electron chi connectivity index (χ1n) is 10.1. The van der Waals surface area contributed by atoms with Crippen molar-refractivity contribution in [2.24, 2.45) is 0 Å². The molecule has 1 aliphatic carbocycles. The molecule has 9 nitrogen and oxygen atoms in total. The van der Waals surface area contributed by atoms with Crippen LogP contribution in [-0.2, 0) is 9.53 Å². The van der Waals surface area contributed by atoms with Gasteiger partial charge in [-0.3, -0.25) is 14.7 Å². The molecule has 0 radical (unpaired) electrons. The van der Waals surface area contributed by atoms with E-state index >= 15 is 0 Å². The second-order valence-corrected chi connectivity index (χ2v) is 8.54. The van der Waals surface area contributed by atoms with Gasteiger partial charge in [-0.1, -0.05) is 29.5 Å². The van der Waals surface area contributed by atoms with Crippen LogP contribution in [0.25, 0.3) is 0 Å². The molecule has 1 saturated carbocycles. The maximum atomic E-state index is 12.3. The van der Waals surface area contributed by atoms with E-state index in [1.54, 1.807) is 0 Å². The maximum absolute atomic E-state index is 12.3. The molecular weight excluding hydrogens is 404 g/mol. The number of anilines is 2. The first-order valence-corrected chi connectivity index (χ1v) is 11.1. The largest absolute Gasteiger partial charge is 0.378 e. The predicted molar refractivity (Wildman–Crippen MR) is 115 cm³/mol. The van der Waals surface area contributed by atoms with Crippen LogP contribution in [0, 0.1) is 13.8 Å². The molecule has 160 valence electrons. The summed E-state index contributed by atoms with van der Waals surface area (Å²) in [6.45, 7) is 6.83. The zero-order valence-corrected chi connectivity index (χ0v) is 18.0. The standard InChI is InChI=1S/C20H26N6O3S/c1-13-3-6-16(14(2)11-13)21-18(28)22-17(27)12-30-20-24-23-19(26(20)15-4-5-15)25-7-9-29-10-8-25/h3,6,11,15H,4-5,7-10,12H2,1-2H3,(H2,21,22,27,28). The number of imide groups is 1. The van der Waals surface area contributed by atoms with Crippen LogP contribution >= 0.6 is 11.8 Å². The van der Waals surface area contributed by atoms with Gasteiger partial charge in [0, 0.05) is 24.8 Å². The van der Waals surface area contributed by atoms with E-state index in [2.05, 4.69) is 30.3 Å². The van der Waals surface area contributed by atoms with Gasteiger partial charge in [0.2, 0.25) is 11.9 Å². The molecule has 3 amide bonds. The van der Waals surface area contributed by atoms with E-state index in [1.807, 2.05) is 32.0 Å². The molecule has 1 aliphatic heterocycles. The van der Waals surface area contributed by atoms with Gasteiger partial charge >= 0.3 is 6.03 Å². The molecule has 2 aliphatic rings. The fourth-order valence-electron chi connectivity index (χ4n) is 3.40. The second-order valence-electron chi connectivity index (χ2n) is 7.59. The highest BCUT2D eigenvalue weighted by Gasteiger charge is 2.32. The third-order valence-electron chi connectivity index (χ3n) is 5.07. The molecule has 2 heterocycles. The number of thioether (sulfide) groups is 1. The van der Waals surface area contributed by atoms with E-state index in [4.69, 9.17) is 4.74 Å². The average molecular weight is 431 g/mol. The zero-order chi connectivity index (χ0) is 21.1. The summed E-state index contributed by atoms with van der Waals surface area (Å²) in [5.74, 6) is 0.561. The molecule has 2 fully saturated rings. The minimum atomic E-state index is -0.537. The zero-order valence-electron chi connectivity index (χ0n) is 17.2. The minimum absolute atomic E-state index is 0.0915. The Kier molecular flexibility index (Phi) is 6.24. The highest BCUT2D eigenvalue weighted by molar-refractivity contribution is 7.99. The van der Waals surface area contributed by atoms with Crippen LogP contribution in [0.2, 0.25) is 0 Å². The number of benzene rings is 1. The lowest BCUT2D eigenvalue weighted by Gasteiger charge is -2.27. The van der Waals surface area contributed by atoms with Crippen LogP contribution < -0.4 is 15.5 Å². The minimum Gasteiger partial charge on any atom is -0.378 e. The van der Waals surface area contributed by atoms with Gasteiger partial charge in [-0.05, 0) is 38.3 Å². The van der Waals surface area contributed by atoms with Gasteiger partial charge < -0.3 is 15.0 Å². The van der Waals surface area contributed by atoms with Gasteiger partial charge in [-0.25, -0.2) is 4.79 Å². The first-order chi connectivity index (χ1) is 14.5. The van der Waals surface area contributed by atoms with E-state index in [9.17, 15) is 9.59 Å². The lowest BCUT2D eigenvalue weighted by Crippen LogP contribution is -2.38. The number of hydrogen-bond acceptors (Lipinski definition) is 7. The summed E-state index contributed by atoms with van der Waals surface area (Å²) in [6, 6.07) is 5.57. The summed E-state index contributed by atoms with van der Waals surface area (Å²) in [5, 5.41) is 14.5. The summed E-state index contributed by atoms with van der Waals surface area (Å²) < 4.78 is 7.54. The third-order valence-corrected chi connectivity index (χ3v) is 6.01. The van der Waals surface area contributed by atoms with Crippen LogP contribution in [0.5, 0.6) is 0 Å².